The summed E-state index contributed by atoms with van der Waals surface area (Å²) in [6.45, 7) is 4.30. The summed E-state index contributed by atoms with van der Waals surface area (Å²) >= 11 is 0. The number of benzene rings is 1. The zero-order valence-electron chi connectivity index (χ0n) is 12.4. The number of aryl methyl sites for hydroxylation is 2. The van der Waals surface area contributed by atoms with Crippen LogP contribution in [-0.2, 0) is 20.8 Å². The van der Waals surface area contributed by atoms with Crippen molar-refractivity contribution >= 4 is 23.9 Å². The Bertz CT molecular complexity index is 529. The van der Waals surface area contributed by atoms with Crippen molar-refractivity contribution < 1.29 is 14.4 Å². The van der Waals surface area contributed by atoms with Gasteiger partial charge in [0.15, 0.2) is 0 Å². The van der Waals surface area contributed by atoms with Crippen LogP contribution in [0.5, 0.6) is 0 Å². The Morgan fingerprint density at radius 1 is 1.38 bits per heavy atom. The zero-order valence-corrected chi connectivity index (χ0v) is 12.4. The molecule has 6 heteroatoms. The van der Waals surface area contributed by atoms with E-state index in [1.807, 2.05) is 32.0 Å². The Balaban J connectivity index is 2.85. The van der Waals surface area contributed by atoms with Crippen LogP contribution in [0.1, 0.15) is 24.5 Å². The van der Waals surface area contributed by atoms with Gasteiger partial charge in [0, 0.05) is 12.2 Å². The zero-order chi connectivity index (χ0) is 15.8. The summed E-state index contributed by atoms with van der Waals surface area (Å²) in [5.74, 6) is -1.69. The maximum Gasteiger partial charge on any atom is 0.318 e. The Morgan fingerprint density at radius 2 is 2.10 bits per heavy atom. The van der Waals surface area contributed by atoms with E-state index in [0.29, 0.717) is 25.1 Å². The fourth-order valence-corrected chi connectivity index (χ4v) is 1.96. The van der Waals surface area contributed by atoms with Crippen molar-refractivity contribution in [1.82, 2.24) is 4.90 Å². The lowest BCUT2D eigenvalue weighted by molar-refractivity contribution is -0.146. The molecule has 0 aliphatic carbocycles. The third-order valence-corrected chi connectivity index (χ3v) is 3.16. The summed E-state index contributed by atoms with van der Waals surface area (Å²) < 4.78 is 0. The molecule has 3 amide bonds. The van der Waals surface area contributed by atoms with E-state index >= 15 is 0 Å². The lowest BCUT2D eigenvalue weighted by Crippen LogP contribution is -2.40. The van der Waals surface area contributed by atoms with Gasteiger partial charge in [0.05, 0.1) is 0 Å². The van der Waals surface area contributed by atoms with E-state index in [2.05, 4.69) is 5.32 Å². The van der Waals surface area contributed by atoms with Gasteiger partial charge in [-0.3, -0.25) is 19.3 Å². The fourth-order valence-electron chi connectivity index (χ4n) is 1.96. The second-order valence-electron chi connectivity index (χ2n) is 4.66. The molecule has 0 aliphatic heterocycles. The Labute approximate surface area is 124 Å². The number of hydrogen-bond acceptors (Lipinski definition) is 4. The lowest BCUT2D eigenvalue weighted by Gasteiger charge is -2.16. The highest BCUT2D eigenvalue weighted by molar-refractivity contribution is 6.41. The molecule has 114 valence electrons. The first-order chi connectivity index (χ1) is 10.0. The number of hydrogen-bond donors (Lipinski definition) is 2. The van der Waals surface area contributed by atoms with Crippen LogP contribution in [0.15, 0.2) is 18.2 Å². The maximum absolute atomic E-state index is 12.0. The number of nitrogens with zero attached hydrogens (tertiary/aromatic N) is 1. The number of nitrogens with one attached hydrogen (secondary N) is 1. The summed E-state index contributed by atoms with van der Waals surface area (Å²) in [4.78, 5) is 35.7. The maximum atomic E-state index is 12.0. The van der Waals surface area contributed by atoms with Crippen molar-refractivity contribution in [2.45, 2.75) is 26.7 Å². The van der Waals surface area contributed by atoms with Gasteiger partial charge in [-0.2, -0.15) is 0 Å². The van der Waals surface area contributed by atoms with Crippen LogP contribution >= 0.6 is 0 Å². The number of nitrogens with two attached hydrogens (primary N) is 1. The van der Waals surface area contributed by atoms with Crippen molar-refractivity contribution in [3.8, 4) is 0 Å². The molecule has 0 heterocycles. The molecule has 0 unspecified atom stereocenters. The number of carbonyl (C=O) groups is 3. The predicted molar refractivity (Wildman–Crippen MR) is 80.6 cm³/mol. The second kappa shape index (κ2) is 8.16. The average Bonchev–Trinajstić information content (AvgIpc) is 2.49. The molecule has 1 aromatic rings. The van der Waals surface area contributed by atoms with Crippen LogP contribution in [0.2, 0.25) is 0 Å². The topological polar surface area (TPSA) is 92.5 Å². The normalized spacial score (nSPS) is 10.0. The minimum absolute atomic E-state index is 0.140. The molecular formula is C15H21N3O3. The molecule has 0 atom stereocenters. The van der Waals surface area contributed by atoms with E-state index in [1.165, 1.54) is 0 Å². The minimum atomic E-state index is -0.872. The van der Waals surface area contributed by atoms with Gasteiger partial charge in [-0.05, 0) is 37.4 Å². The Hall–Kier alpha value is -2.21. The molecule has 0 aliphatic rings. The van der Waals surface area contributed by atoms with Crippen LogP contribution in [0, 0.1) is 6.92 Å². The first-order valence-electron chi connectivity index (χ1n) is 6.90. The average molecular weight is 291 g/mol. The van der Waals surface area contributed by atoms with Crippen LogP contribution in [0.3, 0.4) is 0 Å². The van der Waals surface area contributed by atoms with E-state index < -0.39 is 11.8 Å². The molecule has 6 nitrogen and oxygen atoms in total. The molecule has 0 aromatic heterocycles. The van der Waals surface area contributed by atoms with E-state index in [-0.39, 0.29) is 6.54 Å². The third kappa shape index (κ3) is 4.39. The van der Waals surface area contributed by atoms with Gasteiger partial charge in [0.2, 0.25) is 6.41 Å². The molecule has 1 aromatic carbocycles. The van der Waals surface area contributed by atoms with Crippen molar-refractivity contribution in [2.24, 2.45) is 5.73 Å². The first kappa shape index (κ1) is 16.8. The fraction of sp³-hybridized carbons (Fsp3) is 0.400. The van der Waals surface area contributed by atoms with Gasteiger partial charge < -0.3 is 11.1 Å². The van der Waals surface area contributed by atoms with Gasteiger partial charge in [0.25, 0.3) is 0 Å². The quantitative estimate of drug-likeness (QED) is 0.600. The van der Waals surface area contributed by atoms with Crippen molar-refractivity contribution in [3.63, 3.8) is 0 Å². The van der Waals surface area contributed by atoms with E-state index in [1.54, 1.807) is 0 Å². The minimum Gasteiger partial charge on any atom is -0.330 e. The van der Waals surface area contributed by atoms with Crippen LogP contribution < -0.4 is 11.1 Å². The van der Waals surface area contributed by atoms with Gasteiger partial charge in [-0.15, -0.1) is 0 Å². The molecule has 0 radical (unpaired) electrons. The largest absolute Gasteiger partial charge is 0.330 e. The molecule has 1 rings (SSSR count). The van der Waals surface area contributed by atoms with E-state index in [0.717, 1.165) is 22.4 Å². The standard InChI is InChI=1S/C15H21N3O3/c1-3-12-7-4-6-11(2)13(12)17-14(20)15(21)18(10-19)9-5-8-16/h4,6-7,10H,3,5,8-9,16H2,1-2H3,(H,17,20). The summed E-state index contributed by atoms with van der Waals surface area (Å²) in [6, 6.07) is 5.63. The monoisotopic (exact) mass is 291 g/mol. The highest BCUT2D eigenvalue weighted by Gasteiger charge is 2.22. The second-order valence-corrected chi connectivity index (χ2v) is 4.66. The molecule has 0 spiro atoms. The molecule has 0 saturated carbocycles. The molecule has 0 fully saturated rings. The van der Waals surface area contributed by atoms with Gasteiger partial charge in [0.1, 0.15) is 0 Å². The molecule has 0 bridgehead atoms. The van der Waals surface area contributed by atoms with Crippen molar-refractivity contribution in [2.75, 3.05) is 18.4 Å². The third-order valence-electron chi connectivity index (χ3n) is 3.16. The molecular weight excluding hydrogens is 270 g/mol. The number of rotatable bonds is 6. The van der Waals surface area contributed by atoms with E-state index in [9.17, 15) is 14.4 Å². The molecule has 21 heavy (non-hydrogen) atoms. The summed E-state index contributed by atoms with van der Waals surface area (Å²) in [6.07, 6.45) is 1.55. The number of para-hydroxylation sites is 1. The van der Waals surface area contributed by atoms with Gasteiger partial charge in [-0.25, -0.2) is 0 Å². The van der Waals surface area contributed by atoms with Gasteiger partial charge in [-0.1, -0.05) is 25.1 Å². The van der Waals surface area contributed by atoms with Crippen molar-refractivity contribution in [3.05, 3.63) is 29.3 Å². The SMILES string of the molecule is CCc1cccc(C)c1NC(=O)C(=O)N(C=O)CCCN. The predicted octanol–water partition coefficient (Wildman–Crippen LogP) is 0.830. The van der Waals surface area contributed by atoms with Gasteiger partial charge >= 0.3 is 11.8 Å². The smallest absolute Gasteiger partial charge is 0.318 e. The summed E-state index contributed by atoms with van der Waals surface area (Å²) in [7, 11) is 0. The van der Waals surface area contributed by atoms with Crippen LogP contribution in [-0.4, -0.2) is 36.2 Å². The lowest BCUT2D eigenvalue weighted by atomic mass is 10.1. The molecule has 3 N–H and O–H groups in total. The highest BCUT2D eigenvalue weighted by Crippen LogP contribution is 2.21. The summed E-state index contributed by atoms with van der Waals surface area (Å²) in [5, 5.41) is 2.60. The van der Waals surface area contributed by atoms with E-state index in [4.69, 9.17) is 5.73 Å². The Morgan fingerprint density at radius 3 is 2.67 bits per heavy atom. The number of carbonyl (C=O) groups excluding carboxylic acids is 3. The van der Waals surface area contributed by atoms with Crippen molar-refractivity contribution in [1.29, 1.82) is 0 Å². The first-order valence-corrected chi connectivity index (χ1v) is 6.90. The summed E-state index contributed by atoms with van der Waals surface area (Å²) in [5.41, 5.74) is 7.77. The molecule has 0 saturated heterocycles. The number of anilines is 1. The van der Waals surface area contributed by atoms with Crippen LogP contribution in [0.25, 0.3) is 0 Å². The highest BCUT2D eigenvalue weighted by atomic mass is 16.2. The number of amides is 3. The Kier molecular flexibility index (Phi) is 6.55. The van der Waals surface area contributed by atoms with Crippen LogP contribution in [0.4, 0.5) is 5.69 Å². The number of imide groups is 1.